The molecule has 0 saturated carbocycles. The summed E-state index contributed by atoms with van der Waals surface area (Å²) in [4.78, 5) is 0. The van der Waals surface area contributed by atoms with Crippen LogP contribution in [0.1, 0.15) is 12.8 Å². The first kappa shape index (κ1) is 11.2. The number of hydrogen-bond donors (Lipinski definition) is 3. The third-order valence-electron chi connectivity index (χ3n) is 1.95. The van der Waals surface area contributed by atoms with Gasteiger partial charge in [0.1, 0.15) is 0 Å². The van der Waals surface area contributed by atoms with Crippen molar-refractivity contribution in [2.24, 2.45) is 5.73 Å². The normalized spacial score (nSPS) is 18.3. The van der Waals surface area contributed by atoms with Crippen LogP contribution in [0.5, 0.6) is 0 Å². The average molecular weight is 201 g/mol. The molecule has 15 heavy (non-hydrogen) atoms. The highest BCUT2D eigenvalue weighted by Gasteiger charge is 1.97. The summed E-state index contributed by atoms with van der Waals surface area (Å²) in [7, 11) is 0. The van der Waals surface area contributed by atoms with Gasteiger partial charge in [0.2, 0.25) is 0 Å². The van der Waals surface area contributed by atoms with E-state index in [0.29, 0.717) is 0 Å². The minimum absolute atomic E-state index is 0.285. The van der Waals surface area contributed by atoms with E-state index in [-0.39, 0.29) is 11.4 Å². The van der Waals surface area contributed by atoms with Gasteiger partial charge in [0.15, 0.2) is 0 Å². The molecule has 0 amide bonds. The second kappa shape index (κ2) is 5.75. The van der Waals surface area contributed by atoms with Crippen LogP contribution in [-0.2, 0) is 0 Å². The number of nitrogens with two attached hydrogens (primary N) is 1. The Labute approximate surface area is 89.7 Å². The van der Waals surface area contributed by atoms with Crippen molar-refractivity contribution in [2.75, 3.05) is 0 Å². The zero-order valence-corrected chi connectivity index (χ0v) is 8.53. The van der Waals surface area contributed by atoms with Gasteiger partial charge < -0.3 is 5.73 Å². The Bertz CT molecular complexity index is 348. The molecule has 3 heteroatoms. The Morgan fingerprint density at radius 1 is 0.933 bits per heavy atom. The molecule has 2 rings (SSSR count). The molecular formula is C12H15N3. The topological polar surface area (TPSA) is 73.7 Å². The van der Waals surface area contributed by atoms with Crippen molar-refractivity contribution in [3.8, 4) is 0 Å². The maximum Gasteiger partial charge on any atom is 0.0789 e. The number of nitrogens with one attached hydrogen (secondary N) is 2. The van der Waals surface area contributed by atoms with Gasteiger partial charge in [0.25, 0.3) is 0 Å². The van der Waals surface area contributed by atoms with Crippen molar-refractivity contribution in [2.45, 2.75) is 12.8 Å². The predicted molar refractivity (Wildman–Crippen MR) is 64.4 cm³/mol. The third-order valence-corrected chi connectivity index (χ3v) is 1.95. The van der Waals surface area contributed by atoms with Crippen molar-refractivity contribution in [1.29, 1.82) is 10.8 Å². The van der Waals surface area contributed by atoms with Crippen molar-refractivity contribution >= 4 is 11.4 Å². The van der Waals surface area contributed by atoms with Crippen LogP contribution in [0.25, 0.3) is 0 Å². The van der Waals surface area contributed by atoms with E-state index in [2.05, 4.69) is 6.08 Å². The lowest BCUT2D eigenvalue weighted by atomic mass is 10.1. The molecule has 0 radical (unpaired) electrons. The van der Waals surface area contributed by atoms with Gasteiger partial charge in [-0.1, -0.05) is 24.3 Å². The summed E-state index contributed by atoms with van der Waals surface area (Å²) < 4.78 is 0. The molecule has 0 aromatic carbocycles. The van der Waals surface area contributed by atoms with Crippen LogP contribution in [-0.4, -0.2) is 11.4 Å². The van der Waals surface area contributed by atoms with Crippen molar-refractivity contribution in [1.82, 2.24) is 0 Å². The van der Waals surface area contributed by atoms with Gasteiger partial charge >= 0.3 is 0 Å². The fourth-order valence-corrected chi connectivity index (χ4v) is 1.12. The largest absolute Gasteiger partial charge is 0.399 e. The van der Waals surface area contributed by atoms with Crippen LogP contribution in [0, 0.1) is 10.8 Å². The van der Waals surface area contributed by atoms with E-state index in [1.807, 2.05) is 12.2 Å². The van der Waals surface area contributed by atoms with Crippen LogP contribution in [0.15, 0.2) is 48.2 Å². The minimum Gasteiger partial charge on any atom is -0.399 e. The number of rotatable bonds is 0. The van der Waals surface area contributed by atoms with Crippen molar-refractivity contribution in [3.05, 3.63) is 48.2 Å². The number of allylic oxidation sites excluding steroid dienone is 7. The van der Waals surface area contributed by atoms with Crippen LogP contribution < -0.4 is 5.73 Å². The van der Waals surface area contributed by atoms with Gasteiger partial charge in [-0.2, -0.15) is 0 Å². The van der Waals surface area contributed by atoms with Crippen molar-refractivity contribution in [3.63, 3.8) is 0 Å². The molecule has 0 spiro atoms. The first-order chi connectivity index (χ1) is 7.20. The van der Waals surface area contributed by atoms with Gasteiger partial charge in [0, 0.05) is 5.70 Å². The minimum atomic E-state index is 0.285. The molecule has 78 valence electrons. The molecule has 0 aromatic heterocycles. The summed E-state index contributed by atoms with van der Waals surface area (Å²) in [6, 6.07) is 0. The second-order valence-electron chi connectivity index (χ2n) is 3.23. The van der Waals surface area contributed by atoms with E-state index in [0.717, 1.165) is 18.5 Å². The highest BCUT2D eigenvalue weighted by atomic mass is 14.6. The first-order valence-corrected chi connectivity index (χ1v) is 4.84. The molecular weight excluding hydrogens is 186 g/mol. The molecule has 0 saturated heterocycles. The zero-order valence-electron chi connectivity index (χ0n) is 8.53. The maximum atomic E-state index is 7.03. The predicted octanol–water partition coefficient (Wildman–Crippen LogP) is 2.33. The lowest BCUT2D eigenvalue weighted by molar-refractivity contribution is 1.01. The summed E-state index contributed by atoms with van der Waals surface area (Å²) in [5.74, 6) is 0. The molecule has 0 bridgehead atoms. The zero-order chi connectivity index (χ0) is 11.1. The molecule has 0 atom stereocenters. The number of hydrogen-bond acceptors (Lipinski definition) is 3. The molecule has 0 aliphatic heterocycles. The third kappa shape index (κ3) is 4.22. The van der Waals surface area contributed by atoms with Gasteiger partial charge in [-0.25, -0.2) is 0 Å². The highest BCUT2D eigenvalue weighted by molar-refractivity contribution is 6.48. The quantitative estimate of drug-likeness (QED) is 0.517. The summed E-state index contributed by atoms with van der Waals surface area (Å²) >= 11 is 0. The summed E-state index contributed by atoms with van der Waals surface area (Å²) in [6.07, 6.45) is 15.0. The van der Waals surface area contributed by atoms with Gasteiger partial charge in [-0.05, 0) is 31.1 Å². The van der Waals surface area contributed by atoms with Crippen LogP contribution in [0.4, 0.5) is 0 Å². The lowest BCUT2D eigenvalue weighted by Crippen LogP contribution is -2.06. The molecule has 0 fully saturated rings. The highest BCUT2D eigenvalue weighted by Crippen LogP contribution is 2.02. The Balaban J connectivity index is 0.000000151. The Kier molecular flexibility index (Phi) is 4.29. The molecule has 2 aliphatic carbocycles. The molecule has 3 nitrogen and oxygen atoms in total. The Morgan fingerprint density at radius 2 is 1.53 bits per heavy atom. The van der Waals surface area contributed by atoms with Crippen LogP contribution in [0.3, 0.4) is 0 Å². The van der Waals surface area contributed by atoms with Crippen LogP contribution in [0.2, 0.25) is 0 Å². The van der Waals surface area contributed by atoms with E-state index in [9.17, 15) is 0 Å². The van der Waals surface area contributed by atoms with Crippen molar-refractivity contribution < 1.29 is 0 Å². The van der Waals surface area contributed by atoms with Gasteiger partial charge in [0.05, 0.1) is 11.4 Å². The van der Waals surface area contributed by atoms with E-state index in [1.54, 1.807) is 24.3 Å². The maximum absolute atomic E-state index is 7.03. The lowest BCUT2D eigenvalue weighted by Gasteiger charge is -1.97. The smallest absolute Gasteiger partial charge is 0.0789 e. The fraction of sp³-hybridized carbons (Fsp3) is 0.167. The second-order valence-corrected chi connectivity index (χ2v) is 3.23. The molecule has 2 aliphatic rings. The Morgan fingerprint density at radius 3 is 1.80 bits per heavy atom. The van der Waals surface area contributed by atoms with Gasteiger partial charge in [-0.3, -0.25) is 10.8 Å². The average Bonchev–Trinajstić information content (AvgIpc) is 2.25. The monoisotopic (exact) mass is 201 g/mol. The molecule has 0 unspecified atom stereocenters. The van der Waals surface area contributed by atoms with Gasteiger partial charge in [-0.15, -0.1) is 0 Å². The van der Waals surface area contributed by atoms with E-state index >= 15 is 0 Å². The molecule has 4 N–H and O–H groups in total. The molecule has 0 aromatic rings. The summed E-state index contributed by atoms with van der Waals surface area (Å²) in [6.45, 7) is 0. The molecule has 0 heterocycles. The van der Waals surface area contributed by atoms with E-state index in [4.69, 9.17) is 16.6 Å². The van der Waals surface area contributed by atoms with E-state index < -0.39 is 0 Å². The van der Waals surface area contributed by atoms with Crippen LogP contribution >= 0.6 is 0 Å². The standard InChI is InChI=1S/C6H6N2.C6H9N/c7-5-3-1-2-4-6(5)8;7-6-4-2-1-3-5-6/h1-4,7-8H;2,4-5H,1,3,7H2. The SMILES string of the molecule is N=C1C=CC=CC1=N.NC1=CCCC=C1. The summed E-state index contributed by atoms with van der Waals surface area (Å²) in [5, 5.41) is 14.1. The fourth-order valence-electron chi connectivity index (χ4n) is 1.12. The summed E-state index contributed by atoms with van der Waals surface area (Å²) in [5.41, 5.74) is 6.89. The van der Waals surface area contributed by atoms with E-state index in [1.165, 1.54) is 0 Å². The Hall–Kier alpha value is -1.90. The first-order valence-electron chi connectivity index (χ1n) is 4.84.